The van der Waals surface area contributed by atoms with Gasteiger partial charge in [-0.15, -0.1) is 0 Å². The molecular weight excluding hydrogens is 422 g/mol. The summed E-state index contributed by atoms with van der Waals surface area (Å²) in [6, 6.07) is 18.3. The lowest BCUT2D eigenvalue weighted by Crippen LogP contribution is -2.20. The number of benzene rings is 3. The van der Waals surface area contributed by atoms with Crippen molar-refractivity contribution >= 4 is 34.6 Å². The number of ether oxygens (including phenoxy) is 2. The second kappa shape index (κ2) is 10.3. The SMILES string of the molecule is COc1cc(CNc2ccc([N+](=O)[O-])cc2)ccc1OCC(=O)Nc1ccc(Cl)cc1. The number of hydrogen-bond donors (Lipinski definition) is 2. The zero-order valence-electron chi connectivity index (χ0n) is 16.6. The summed E-state index contributed by atoms with van der Waals surface area (Å²) < 4.78 is 11.0. The highest BCUT2D eigenvalue weighted by molar-refractivity contribution is 6.30. The lowest BCUT2D eigenvalue weighted by molar-refractivity contribution is -0.384. The summed E-state index contributed by atoms with van der Waals surface area (Å²) in [7, 11) is 1.52. The number of amides is 1. The summed E-state index contributed by atoms with van der Waals surface area (Å²) in [6.45, 7) is 0.297. The number of nitrogens with zero attached hydrogens (tertiary/aromatic N) is 1. The molecule has 2 N–H and O–H groups in total. The van der Waals surface area contributed by atoms with Crippen molar-refractivity contribution in [3.8, 4) is 11.5 Å². The number of carbonyl (C=O) groups excluding carboxylic acids is 1. The van der Waals surface area contributed by atoms with Gasteiger partial charge in [-0.3, -0.25) is 14.9 Å². The maximum absolute atomic E-state index is 12.1. The fourth-order valence-corrected chi connectivity index (χ4v) is 2.85. The molecule has 8 nitrogen and oxygen atoms in total. The van der Waals surface area contributed by atoms with Crippen LogP contribution in [-0.2, 0) is 11.3 Å². The van der Waals surface area contributed by atoms with Gasteiger partial charge in [0.1, 0.15) is 0 Å². The first-order valence-electron chi connectivity index (χ1n) is 9.28. The summed E-state index contributed by atoms with van der Waals surface area (Å²) in [5.74, 6) is 0.614. The fraction of sp³-hybridized carbons (Fsp3) is 0.136. The molecule has 0 saturated heterocycles. The molecule has 1 amide bonds. The van der Waals surface area contributed by atoms with Gasteiger partial charge in [0, 0.05) is 35.1 Å². The summed E-state index contributed by atoms with van der Waals surface area (Å²) in [4.78, 5) is 22.4. The molecule has 3 aromatic carbocycles. The molecule has 31 heavy (non-hydrogen) atoms. The van der Waals surface area contributed by atoms with Crippen molar-refractivity contribution in [3.05, 3.63) is 87.4 Å². The van der Waals surface area contributed by atoms with Crippen LogP contribution in [0.15, 0.2) is 66.7 Å². The van der Waals surface area contributed by atoms with Gasteiger partial charge in [0.05, 0.1) is 12.0 Å². The number of non-ortho nitro benzene ring substituents is 1. The highest BCUT2D eigenvalue weighted by Gasteiger charge is 2.10. The van der Waals surface area contributed by atoms with Gasteiger partial charge in [-0.1, -0.05) is 17.7 Å². The van der Waals surface area contributed by atoms with E-state index in [2.05, 4.69) is 10.6 Å². The minimum atomic E-state index is -0.441. The van der Waals surface area contributed by atoms with E-state index in [9.17, 15) is 14.9 Å². The fourth-order valence-electron chi connectivity index (χ4n) is 2.72. The first kappa shape index (κ1) is 21.9. The van der Waals surface area contributed by atoms with Gasteiger partial charge in [0.15, 0.2) is 18.1 Å². The Hall–Kier alpha value is -3.78. The molecule has 160 valence electrons. The van der Waals surface area contributed by atoms with E-state index in [0.29, 0.717) is 28.8 Å². The molecular formula is C22H20ClN3O5. The summed E-state index contributed by atoms with van der Waals surface area (Å²) >= 11 is 5.83. The lowest BCUT2D eigenvalue weighted by atomic mass is 10.2. The van der Waals surface area contributed by atoms with E-state index in [1.54, 1.807) is 48.5 Å². The third-order valence-electron chi connectivity index (χ3n) is 4.29. The monoisotopic (exact) mass is 441 g/mol. The molecule has 0 fully saturated rings. The Bertz CT molecular complexity index is 1060. The molecule has 0 spiro atoms. The van der Waals surface area contributed by atoms with E-state index in [4.69, 9.17) is 21.1 Å². The second-order valence-electron chi connectivity index (χ2n) is 6.49. The summed E-state index contributed by atoms with van der Waals surface area (Å²) in [5, 5.41) is 17.2. The van der Waals surface area contributed by atoms with E-state index in [-0.39, 0.29) is 18.2 Å². The Kier molecular flexibility index (Phi) is 7.29. The number of halogens is 1. The van der Waals surface area contributed by atoms with Crippen molar-refractivity contribution < 1.29 is 19.2 Å². The molecule has 9 heteroatoms. The molecule has 0 aromatic heterocycles. The highest BCUT2D eigenvalue weighted by atomic mass is 35.5. The minimum Gasteiger partial charge on any atom is -0.493 e. The molecule has 0 heterocycles. The normalized spacial score (nSPS) is 10.3. The largest absolute Gasteiger partial charge is 0.493 e. The second-order valence-corrected chi connectivity index (χ2v) is 6.92. The first-order chi connectivity index (χ1) is 14.9. The van der Waals surface area contributed by atoms with Crippen molar-refractivity contribution in [2.75, 3.05) is 24.4 Å². The Labute approximate surface area is 183 Å². The summed E-state index contributed by atoms with van der Waals surface area (Å²) in [6.07, 6.45) is 0. The van der Waals surface area contributed by atoms with E-state index in [1.165, 1.54) is 19.2 Å². The maximum Gasteiger partial charge on any atom is 0.269 e. The van der Waals surface area contributed by atoms with Crippen molar-refractivity contribution in [2.24, 2.45) is 0 Å². The number of methoxy groups -OCH3 is 1. The van der Waals surface area contributed by atoms with Crippen LogP contribution >= 0.6 is 11.6 Å². The number of nitro groups is 1. The highest BCUT2D eigenvalue weighted by Crippen LogP contribution is 2.28. The van der Waals surface area contributed by atoms with E-state index >= 15 is 0 Å². The van der Waals surface area contributed by atoms with Crippen LogP contribution in [0, 0.1) is 10.1 Å². The molecule has 0 aliphatic heterocycles. The van der Waals surface area contributed by atoms with Gasteiger partial charge < -0.3 is 20.1 Å². The molecule has 3 rings (SSSR count). The van der Waals surface area contributed by atoms with E-state index < -0.39 is 4.92 Å². The third kappa shape index (κ3) is 6.35. The predicted octanol–water partition coefficient (Wildman–Crippen LogP) is 4.89. The van der Waals surface area contributed by atoms with Crippen molar-refractivity contribution in [2.45, 2.75) is 6.54 Å². The van der Waals surface area contributed by atoms with Crippen LogP contribution in [-0.4, -0.2) is 24.5 Å². The number of nitrogens with one attached hydrogen (secondary N) is 2. The average molecular weight is 442 g/mol. The molecule has 0 saturated carbocycles. The van der Waals surface area contributed by atoms with Gasteiger partial charge in [0.25, 0.3) is 11.6 Å². The molecule has 0 unspecified atom stereocenters. The zero-order valence-corrected chi connectivity index (χ0v) is 17.4. The Morgan fingerprint density at radius 1 is 1.00 bits per heavy atom. The first-order valence-corrected chi connectivity index (χ1v) is 9.66. The van der Waals surface area contributed by atoms with Gasteiger partial charge in [-0.25, -0.2) is 0 Å². The maximum atomic E-state index is 12.1. The molecule has 0 atom stereocenters. The van der Waals surface area contributed by atoms with Gasteiger partial charge in [0.2, 0.25) is 0 Å². The Morgan fingerprint density at radius 2 is 1.68 bits per heavy atom. The number of rotatable bonds is 9. The van der Waals surface area contributed by atoms with Crippen LogP contribution in [0.1, 0.15) is 5.56 Å². The Balaban J connectivity index is 1.55. The van der Waals surface area contributed by atoms with Crippen LogP contribution in [0.5, 0.6) is 11.5 Å². The van der Waals surface area contributed by atoms with Crippen LogP contribution in [0.2, 0.25) is 5.02 Å². The standard InChI is InChI=1S/C22H20ClN3O5/c1-30-21-12-15(13-24-17-7-9-19(10-8-17)26(28)29)2-11-20(21)31-14-22(27)25-18-5-3-16(23)4-6-18/h2-12,24H,13-14H2,1H3,(H,25,27). The third-order valence-corrected chi connectivity index (χ3v) is 4.54. The van der Waals surface area contributed by atoms with Gasteiger partial charge >= 0.3 is 0 Å². The van der Waals surface area contributed by atoms with Crippen molar-refractivity contribution in [1.29, 1.82) is 0 Å². The van der Waals surface area contributed by atoms with Crippen LogP contribution < -0.4 is 20.1 Å². The Morgan fingerprint density at radius 3 is 2.32 bits per heavy atom. The van der Waals surface area contributed by atoms with Gasteiger partial charge in [-0.2, -0.15) is 0 Å². The van der Waals surface area contributed by atoms with Gasteiger partial charge in [-0.05, 0) is 54.1 Å². The number of hydrogen-bond acceptors (Lipinski definition) is 6. The molecule has 0 aliphatic rings. The van der Waals surface area contributed by atoms with Crippen LogP contribution in [0.4, 0.5) is 17.1 Å². The topological polar surface area (TPSA) is 103 Å². The van der Waals surface area contributed by atoms with Crippen LogP contribution in [0.25, 0.3) is 0 Å². The smallest absolute Gasteiger partial charge is 0.269 e. The molecule has 0 aliphatic carbocycles. The van der Waals surface area contributed by atoms with Crippen molar-refractivity contribution in [1.82, 2.24) is 0 Å². The van der Waals surface area contributed by atoms with E-state index in [1.807, 2.05) is 6.07 Å². The zero-order chi connectivity index (χ0) is 22.2. The molecule has 3 aromatic rings. The molecule has 0 radical (unpaired) electrons. The quantitative estimate of drug-likeness (QED) is 0.362. The van der Waals surface area contributed by atoms with E-state index in [0.717, 1.165) is 11.3 Å². The predicted molar refractivity (Wildman–Crippen MR) is 119 cm³/mol. The van der Waals surface area contributed by atoms with Crippen molar-refractivity contribution in [3.63, 3.8) is 0 Å². The molecule has 0 bridgehead atoms. The summed E-state index contributed by atoms with van der Waals surface area (Å²) in [5.41, 5.74) is 2.32. The van der Waals surface area contributed by atoms with Crippen LogP contribution in [0.3, 0.4) is 0 Å². The average Bonchev–Trinajstić information content (AvgIpc) is 2.78. The lowest BCUT2D eigenvalue weighted by Gasteiger charge is -2.13. The minimum absolute atomic E-state index is 0.0359. The number of nitro benzene ring substituents is 1. The number of carbonyl (C=O) groups is 1. The number of anilines is 2.